The van der Waals surface area contributed by atoms with Crippen molar-refractivity contribution in [3.63, 3.8) is 0 Å². The van der Waals surface area contributed by atoms with Gasteiger partial charge in [0.15, 0.2) is 0 Å². The first-order valence-corrected chi connectivity index (χ1v) is 9.49. The highest BCUT2D eigenvalue weighted by atomic mass is 14.7. The van der Waals surface area contributed by atoms with Crippen LogP contribution in [0.25, 0.3) is 27.8 Å². The molecule has 2 aromatic carbocycles. The van der Waals surface area contributed by atoms with Crippen LogP contribution in [0.3, 0.4) is 0 Å². The number of nitrogens with one attached hydrogen (secondary N) is 1. The minimum Gasteiger partial charge on any atom is -0.362 e. The number of aromatic nitrogens is 1. The second-order valence-corrected chi connectivity index (χ2v) is 7.50. The van der Waals surface area contributed by atoms with Gasteiger partial charge < -0.3 is 4.98 Å². The van der Waals surface area contributed by atoms with E-state index in [0.29, 0.717) is 0 Å². The molecule has 5 rings (SSSR count). The molecule has 0 unspecified atom stereocenters. The summed E-state index contributed by atoms with van der Waals surface area (Å²) in [6, 6.07) is 15.9. The molecule has 0 radical (unpaired) electrons. The molecule has 0 atom stereocenters. The van der Waals surface area contributed by atoms with Gasteiger partial charge in [-0.15, -0.1) is 0 Å². The van der Waals surface area contributed by atoms with Gasteiger partial charge in [0, 0.05) is 17.0 Å². The minimum atomic E-state index is 1.03. The Hall–Kier alpha value is -2.80. The number of rotatable bonds is 2. The lowest BCUT2D eigenvalue weighted by molar-refractivity contribution is 1.05. The molecule has 2 aliphatic rings. The zero-order valence-electron chi connectivity index (χ0n) is 15.4. The summed E-state index contributed by atoms with van der Waals surface area (Å²) >= 11 is 0. The van der Waals surface area contributed by atoms with Crippen LogP contribution in [0, 0.1) is 13.8 Å². The third kappa shape index (κ3) is 2.31. The Balaban J connectivity index is 1.80. The Kier molecular flexibility index (Phi) is 3.49. The lowest BCUT2D eigenvalue weighted by atomic mass is 9.85. The Morgan fingerprint density at radius 3 is 2.50 bits per heavy atom. The number of benzene rings is 2. The Morgan fingerprint density at radius 2 is 1.73 bits per heavy atom. The van der Waals surface area contributed by atoms with Gasteiger partial charge in [-0.2, -0.15) is 0 Å². The van der Waals surface area contributed by atoms with Gasteiger partial charge in [-0.1, -0.05) is 54.6 Å². The minimum absolute atomic E-state index is 1.03. The van der Waals surface area contributed by atoms with E-state index < -0.39 is 0 Å². The second kappa shape index (κ2) is 5.88. The van der Waals surface area contributed by atoms with Crippen molar-refractivity contribution < 1.29 is 0 Å². The summed E-state index contributed by atoms with van der Waals surface area (Å²) in [5, 5.41) is 0. The molecule has 1 aromatic heterocycles. The molecule has 0 spiro atoms. The molecule has 0 aliphatic heterocycles. The van der Waals surface area contributed by atoms with Crippen molar-refractivity contribution in [1.82, 2.24) is 4.98 Å². The summed E-state index contributed by atoms with van der Waals surface area (Å²) in [6.07, 6.45) is 10.1. The van der Waals surface area contributed by atoms with Crippen molar-refractivity contribution in [1.29, 1.82) is 0 Å². The van der Waals surface area contributed by atoms with Crippen LogP contribution >= 0.6 is 0 Å². The summed E-state index contributed by atoms with van der Waals surface area (Å²) in [5.41, 5.74) is 13.9. The average Bonchev–Trinajstić information content (AvgIpc) is 3.20. The molecule has 0 bridgehead atoms. The molecule has 1 N–H and O–H groups in total. The van der Waals surface area contributed by atoms with Crippen molar-refractivity contribution in [3.05, 3.63) is 88.8 Å². The number of aryl methyl sites for hydroxylation is 2. The fourth-order valence-corrected chi connectivity index (χ4v) is 4.60. The Labute approximate surface area is 155 Å². The van der Waals surface area contributed by atoms with Crippen LogP contribution in [0.1, 0.15) is 40.9 Å². The Bertz CT molecular complexity index is 1080. The standard InChI is InChI=1S/C25H23N/c1-16-14-23(17(2)26-16)25-21(18-8-4-3-5-9-18)12-13-22-20-11-7-6-10-19(20)15-24(22)25/h3-4,6-8,10-14,26H,5,9,15H2,1-2H3. The van der Waals surface area contributed by atoms with Crippen LogP contribution in [0.2, 0.25) is 0 Å². The number of allylic oxidation sites excluding steroid dienone is 4. The topological polar surface area (TPSA) is 15.8 Å². The van der Waals surface area contributed by atoms with E-state index in [1.54, 1.807) is 0 Å². The molecule has 0 amide bonds. The molecule has 1 heteroatoms. The molecule has 26 heavy (non-hydrogen) atoms. The number of hydrogen-bond acceptors (Lipinski definition) is 0. The van der Waals surface area contributed by atoms with E-state index >= 15 is 0 Å². The molecule has 1 heterocycles. The lowest BCUT2D eigenvalue weighted by Gasteiger charge is -2.18. The van der Waals surface area contributed by atoms with Gasteiger partial charge in [0.05, 0.1) is 0 Å². The number of hydrogen-bond donors (Lipinski definition) is 1. The number of fused-ring (bicyclic) bond motifs is 3. The van der Waals surface area contributed by atoms with E-state index in [0.717, 1.165) is 19.3 Å². The van der Waals surface area contributed by atoms with E-state index in [1.165, 1.54) is 55.9 Å². The van der Waals surface area contributed by atoms with Crippen molar-refractivity contribution in [2.45, 2.75) is 33.1 Å². The normalized spacial score (nSPS) is 14.9. The summed E-state index contributed by atoms with van der Waals surface area (Å²) < 4.78 is 0. The molecule has 0 saturated heterocycles. The number of H-pyrrole nitrogens is 1. The van der Waals surface area contributed by atoms with E-state index in [-0.39, 0.29) is 0 Å². The summed E-state index contributed by atoms with van der Waals surface area (Å²) in [5.74, 6) is 0. The monoisotopic (exact) mass is 337 g/mol. The maximum Gasteiger partial charge on any atom is 0.0197 e. The first-order valence-electron chi connectivity index (χ1n) is 9.49. The smallest absolute Gasteiger partial charge is 0.0197 e. The van der Waals surface area contributed by atoms with E-state index in [4.69, 9.17) is 0 Å². The van der Waals surface area contributed by atoms with Gasteiger partial charge in [-0.3, -0.25) is 0 Å². The van der Waals surface area contributed by atoms with Crippen molar-refractivity contribution in [2.75, 3.05) is 0 Å². The summed E-state index contributed by atoms with van der Waals surface area (Å²) in [6.45, 7) is 4.35. The molecule has 1 nitrogen and oxygen atoms in total. The zero-order chi connectivity index (χ0) is 17.7. The quantitative estimate of drug-likeness (QED) is 0.424. The van der Waals surface area contributed by atoms with E-state index in [2.05, 4.69) is 79.5 Å². The predicted octanol–water partition coefficient (Wildman–Crippen LogP) is 6.60. The third-order valence-electron chi connectivity index (χ3n) is 5.77. The van der Waals surface area contributed by atoms with Crippen molar-refractivity contribution in [3.8, 4) is 22.3 Å². The first-order chi connectivity index (χ1) is 12.7. The summed E-state index contributed by atoms with van der Waals surface area (Å²) in [7, 11) is 0. The highest BCUT2D eigenvalue weighted by Gasteiger charge is 2.25. The molecular formula is C25H23N. The van der Waals surface area contributed by atoms with Crippen LogP contribution in [0.5, 0.6) is 0 Å². The van der Waals surface area contributed by atoms with Crippen LogP contribution in [0.4, 0.5) is 0 Å². The highest BCUT2D eigenvalue weighted by Crippen LogP contribution is 2.46. The van der Waals surface area contributed by atoms with Gasteiger partial charge in [0.2, 0.25) is 0 Å². The average molecular weight is 337 g/mol. The van der Waals surface area contributed by atoms with E-state index in [1.807, 2.05) is 0 Å². The van der Waals surface area contributed by atoms with Gasteiger partial charge in [0.25, 0.3) is 0 Å². The fourth-order valence-electron chi connectivity index (χ4n) is 4.60. The predicted molar refractivity (Wildman–Crippen MR) is 110 cm³/mol. The van der Waals surface area contributed by atoms with Crippen molar-refractivity contribution >= 4 is 5.57 Å². The Morgan fingerprint density at radius 1 is 0.885 bits per heavy atom. The second-order valence-electron chi connectivity index (χ2n) is 7.50. The first kappa shape index (κ1) is 15.5. The van der Waals surface area contributed by atoms with Gasteiger partial charge in [0.1, 0.15) is 0 Å². The number of aromatic amines is 1. The molecular weight excluding hydrogens is 314 g/mol. The van der Waals surface area contributed by atoms with Crippen molar-refractivity contribution in [2.24, 2.45) is 0 Å². The van der Waals surface area contributed by atoms with Gasteiger partial charge in [-0.05, 0) is 78.1 Å². The SMILES string of the molecule is Cc1cc(-c2c(C3=CC=CCC3)ccc3c2Cc2ccccc2-3)c(C)[nH]1. The van der Waals surface area contributed by atoms with Crippen LogP contribution in [0.15, 0.2) is 60.7 Å². The molecule has 0 saturated carbocycles. The highest BCUT2D eigenvalue weighted by molar-refractivity contribution is 5.92. The molecule has 128 valence electrons. The fraction of sp³-hybridized carbons (Fsp3) is 0.200. The largest absolute Gasteiger partial charge is 0.362 e. The molecule has 3 aromatic rings. The van der Waals surface area contributed by atoms with Gasteiger partial charge >= 0.3 is 0 Å². The van der Waals surface area contributed by atoms with E-state index in [9.17, 15) is 0 Å². The maximum atomic E-state index is 3.52. The molecule has 0 fully saturated rings. The van der Waals surface area contributed by atoms with Gasteiger partial charge in [-0.25, -0.2) is 0 Å². The van der Waals surface area contributed by atoms with Crippen LogP contribution < -0.4 is 0 Å². The third-order valence-corrected chi connectivity index (χ3v) is 5.77. The lowest BCUT2D eigenvalue weighted by Crippen LogP contribution is -1.97. The van der Waals surface area contributed by atoms with Crippen LogP contribution in [-0.4, -0.2) is 4.98 Å². The van der Waals surface area contributed by atoms with Crippen LogP contribution in [-0.2, 0) is 6.42 Å². The maximum absolute atomic E-state index is 3.52. The summed E-state index contributed by atoms with van der Waals surface area (Å²) in [4.78, 5) is 3.52. The zero-order valence-corrected chi connectivity index (χ0v) is 15.4. The molecule has 2 aliphatic carbocycles.